The van der Waals surface area contributed by atoms with Crippen LogP contribution in [0.1, 0.15) is 13.8 Å². The van der Waals surface area contributed by atoms with E-state index in [1.54, 1.807) is 6.92 Å². The fourth-order valence-corrected chi connectivity index (χ4v) is 2.08. The van der Waals surface area contributed by atoms with Crippen LogP contribution in [-0.4, -0.2) is 39.1 Å². The summed E-state index contributed by atoms with van der Waals surface area (Å²) in [6.45, 7) is 2.94. The Morgan fingerprint density at radius 2 is 2.00 bits per heavy atom. The van der Waals surface area contributed by atoms with E-state index >= 15 is 0 Å². The summed E-state index contributed by atoms with van der Waals surface area (Å²) in [7, 11) is -3.37. The van der Waals surface area contributed by atoms with Gasteiger partial charge in [-0.05, 0) is 32.0 Å². The van der Waals surface area contributed by atoms with E-state index < -0.39 is 27.6 Å². The predicted octanol–water partition coefficient (Wildman–Crippen LogP) is 1.69. The number of ether oxygens (including phenoxy) is 1. The summed E-state index contributed by atoms with van der Waals surface area (Å²) in [4.78, 5) is 23.0. The first-order chi connectivity index (χ1) is 9.75. The zero-order chi connectivity index (χ0) is 16.0. The van der Waals surface area contributed by atoms with Crippen molar-refractivity contribution < 1.29 is 22.7 Å². The molecule has 0 fully saturated rings. The van der Waals surface area contributed by atoms with Crippen LogP contribution >= 0.6 is 0 Å². The summed E-state index contributed by atoms with van der Waals surface area (Å²) in [5.74, 6) is -1.29. The summed E-state index contributed by atoms with van der Waals surface area (Å²) in [6.07, 6.45) is 1.07. The highest BCUT2D eigenvalue weighted by Crippen LogP contribution is 2.19. The van der Waals surface area contributed by atoms with Crippen molar-refractivity contribution in [3.8, 4) is 0 Å². The molecular formula is C13H16N2O5S. The Morgan fingerprint density at radius 3 is 2.52 bits per heavy atom. The Morgan fingerprint density at radius 1 is 1.33 bits per heavy atom. The molecular weight excluding hydrogens is 296 g/mol. The number of ketones is 1. The molecule has 7 nitrogen and oxygen atoms in total. The van der Waals surface area contributed by atoms with Crippen LogP contribution in [0.15, 0.2) is 39.4 Å². The lowest BCUT2D eigenvalue weighted by Gasteiger charge is -2.06. The molecule has 114 valence electrons. The lowest BCUT2D eigenvalue weighted by atomic mass is 10.2. The maximum atomic E-state index is 11.5. The normalized spacial score (nSPS) is 13.1. The molecule has 0 spiro atoms. The third kappa shape index (κ3) is 5.07. The molecule has 0 saturated carbocycles. The fraction of sp³-hybridized carbons (Fsp3) is 0.385. The van der Waals surface area contributed by atoms with Crippen molar-refractivity contribution in [2.24, 2.45) is 10.2 Å². The van der Waals surface area contributed by atoms with Crippen LogP contribution in [0.4, 0.5) is 5.69 Å². The SMILES string of the molecule is CCOC(=O)C(N=Nc1cccc(S(C)(=O)=O)c1)C(C)=O. The molecule has 1 atom stereocenters. The summed E-state index contributed by atoms with van der Waals surface area (Å²) in [6, 6.07) is 4.40. The minimum Gasteiger partial charge on any atom is -0.464 e. The second-order valence-electron chi connectivity index (χ2n) is 4.25. The highest BCUT2D eigenvalue weighted by molar-refractivity contribution is 7.90. The molecule has 1 aromatic rings. The first-order valence-electron chi connectivity index (χ1n) is 6.13. The smallest absolute Gasteiger partial charge is 0.340 e. The minimum absolute atomic E-state index is 0.0782. The Balaban J connectivity index is 3.02. The maximum Gasteiger partial charge on any atom is 0.340 e. The van der Waals surface area contributed by atoms with Crippen LogP contribution in [0.25, 0.3) is 0 Å². The van der Waals surface area contributed by atoms with Crippen LogP contribution in [0.3, 0.4) is 0 Å². The van der Waals surface area contributed by atoms with Crippen LogP contribution < -0.4 is 0 Å². The van der Waals surface area contributed by atoms with Gasteiger partial charge in [0, 0.05) is 6.26 Å². The molecule has 1 unspecified atom stereocenters. The van der Waals surface area contributed by atoms with Gasteiger partial charge in [-0.15, -0.1) is 0 Å². The van der Waals surface area contributed by atoms with E-state index in [2.05, 4.69) is 10.2 Å². The number of carbonyl (C=O) groups is 2. The molecule has 0 aliphatic rings. The summed E-state index contributed by atoms with van der Waals surface area (Å²) in [5.41, 5.74) is 0.230. The van der Waals surface area contributed by atoms with E-state index in [0.29, 0.717) is 0 Å². The van der Waals surface area contributed by atoms with Crippen molar-refractivity contribution in [1.82, 2.24) is 0 Å². The first kappa shape index (κ1) is 17.0. The molecule has 21 heavy (non-hydrogen) atoms. The van der Waals surface area contributed by atoms with E-state index in [1.165, 1.54) is 31.2 Å². The van der Waals surface area contributed by atoms with Gasteiger partial charge in [0.05, 0.1) is 17.2 Å². The van der Waals surface area contributed by atoms with Crippen LogP contribution in [-0.2, 0) is 24.2 Å². The van der Waals surface area contributed by atoms with Gasteiger partial charge in [0.2, 0.25) is 6.04 Å². The van der Waals surface area contributed by atoms with E-state index in [-0.39, 0.29) is 17.2 Å². The molecule has 0 aliphatic heterocycles. The number of benzene rings is 1. The average Bonchev–Trinajstić information content (AvgIpc) is 2.38. The van der Waals surface area contributed by atoms with Crippen LogP contribution in [0, 0.1) is 0 Å². The minimum atomic E-state index is -3.37. The van der Waals surface area contributed by atoms with Gasteiger partial charge in [-0.25, -0.2) is 13.2 Å². The van der Waals surface area contributed by atoms with Gasteiger partial charge in [0.25, 0.3) is 0 Å². The molecule has 1 aromatic carbocycles. The molecule has 0 N–H and O–H groups in total. The van der Waals surface area contributed by atoms with Crippen LogP contribution in [0.2, 0.25) is 0 Å². The monoisotopic (exact) mass is 312 g/mol. The lowest BCUT2D eigenvalue weighted by molar-refractivity contribution is -0.147. The molecule has 0 radical (unpaired) electrons. The number of Topliss-reactive ketones (excluding diaryl/α,β-unsaturated/α-hetero) is 1. The third-order valence-corrected chi connectivity index (χ3v) is 3.54. The van der Waals surface area contributed by atoms with E-state index in [0.717, 1.165) is 6.26 Å². The average molecular weight is 312 g/mol. The summed E-state index contributed by atoms with van der Waals surface area (Å²) >= 11 is 0. The van der Waals surface area contributed by atoms with E-state index in [1.807, 2.05) is 0 Å². The topological polar surface area (TPSA) is 102 Å². The predicted molar refractivity (Wildman–Crippen MR) is 75.2 cm³/mol. The number of azo groups is 1. The molecule has 0 aromatic heterocycles. The molecule has 0 aliphatic carbocycles. The number of hydrogen-bond acceptors (Lipinski definition) is 7. The highest BCUT2D eigenvalue weighted by atomic mass is 32.2. The Bertz CT molecular complexity index is 667. The van der Waals surface area contributed by atoms with E-state index in [9.17, 15) is 18.0 Å². The van der Waals surface area contributed by atoms with Crippen molar-refractivity contribution in [3.63, 3.8) is 0 Å². The summed E-state index contributed by atoms with van der Waals surface area (Å²) in [5, 5.41) is 7.39. The zero-order valence-corrected chi connectivity index (χ0v) is 12.8. The molecule has 0 heterocycles. The quantitative estimate of drug-likeness (QED) is 0.452. The second-order valence-corrected chi connectivity index (χ2v) is 6.27. The molecule has 8 heteroatoms. The highest BCUT2D eigenvalue weighted by Gasteiger charge is 2.24. The van der Waals surface area contributed by atoms with Gasteiger partial charge in [-0.3, -0.25) is 4.79 Å². The number of carbonyl (C=O) groups excluding carboxylic acids is 2. The van der Waals surface area contributed by atoms with Gasteiger partial charge in [-0.2, -0.15) is 10.2 Å². The molecule has 0 bridgehead atoms. The zero-order valence-electron chi connectivity index (χ0n) is 11.9. The Hall–Kier alpha value is -2.09. The molecule has 1 rings (SSSR count). The van der Waals surface area contributed by atoms with Gasteiger partial charge < -0.3 is 4.74 Å². The van der Waals surface area contributed by atoms with Crippen molar-refractivity contribution in [1.29, 1.82) is 0 Å². The molecule has 0 saturated heterocycles. The number of esters is 1. The number of nitrogens with zero attached hydrogens (tertiary/aromatic N) is 2. The van der Waals surface area contributed by atoms with Gasteiger partial charge in [0.1, 0.15) is 0 Å². The van der Waals surface area contributed by atoms with E-state index in [4.69, 9.17) is 4.74 Å². The van der Waals surface area contributed by atoms with Crippen LogP contribution in [0.5, 0.6) is 0 Å². The van der Waals surface area contributed by atoms with Crippen molar-refractivity contribution >= 4 is 27.3 Å². The fourth-order valence-electron chi connectivity index (χ4n) is 1.42. The maximum absolute atomic E-state index is 11.5. The number of hydrogen-bond donors (Lipinski definition) is 0. The Kier molecular flexibility index (Phi) is 5.71. The lowest BCUT2D eigenvalue weighted by Crippen LogP contribution is -2.28. The third-order valence-electron chi connectivity index (χ3n) is 2.43. The van der Waals surface area contributed by atoms with Gasteiger partial charge in [0.15, 0.2) is 15.6 Å². The largest absolute Gasteiger partial charge is 0.464 e. The first-order valence-corrected chi connectivity index (χ1v) is 8.03. The van der Waals surface area contributed by atoms with Gasteiger partial charge >= 0.3 is 5.97 Å². The number of sulfone groups is 1. The standard InChI is InChI=1S/C13H16N2O5S/c1-4-20-13(17)12(9(2)16)15-14-10-6-5-7-11(8-10)21(3,18)19/h5-8,12H,4H2,1-3H3. The van der Waals surface area contributed by atoms with Crippen molar-refractivity contribution in [3.05, 3.63) is 24.3 Å². The Labute approximate surface area is 122 Å². The molecule has 0 amide bonds. The van der Waals surface area contributed by atoms with Crippen molar-refractivity contribution in [2.75, 3.05) is 12.9 Å². The summed E-state index contributed by atoms with van der Waals surface area (Å²) < 4.78 is 27.6. The number of rotatable bonds is 6. The van der Waals surface area contributed by atoms with Crippen molar-refractivity contribution in [2.45, 2.75) is 24.8 Å². The van der Waals surface area contributed by atoms with Gasteiger partial charge in [-0.1, -0.05) is 6.07 Å². The second kappa shape index (κ2) is 7.07.